The van der Waals surface area contributed by atoms with Crippen LogP contribution in [0.25, 0.3) is 0 Å². The van der Waals surface area contributed by atoms with Crippen LogP contribution in [0.15, 0.2) is 0 Å². The summed E-state index contributed by atoms with van der Waals surface area (Å²) in [6.07, 6.45) is 0. The predicted molar refractivity (Wildman–Crippen MR) is 42.8 cm³/mol. The third-order valence-electron chi connectivity index (χ3n) is 1.61. The summed E-state index contributed by atoms with van der Waals surface area (Å²) in [7, 11) is 5.15. The molecular weight excluding hydrogens is 211 g/mol. The summed E-state index contributed by atoms with van der Waals surface area (Å²) in [4.78, 5) is 22.7. The summed E-state index contributed by atoms with van der Waals surface area (Å²) >= 11 is 2.95. The quantitative estimate of drug-likeness (QED) is 0.335. The molecule has 0 aromatic carbocycles. The highest BCUT2D eigenvalue weighted by atomic mass is 79.9. The zero-order valence-electron chi connectivity index (χ0n) is 6.17. The van der Waals surface area contributed by atoms with Crippen molar-refractivity contribution in [2.45, 2.75) is 19.4 Å². The Morgan fingerprint density at radius 1 is 1.45 bits per heavy atom. The summed E-state index contributed by atoms with van der Waals surface area (Å²) < 4.78 is 1.13. The topological polar surface area (TPSA) is 40.6 Å². The highest BCUT2D eigenvalue weighted by molar-refractivity contribution is 9.07. The Kier molecular flexibility index (Phi) is 1.74. The summed E-state index contributed by atoms with van der Waals surface area (Å²) in [5.41, 5.74) is -0.883. The Labute approximate surface area is 74.3 Å². The van der Waals surface area contributed by atoms with Crippen LogP contribution in [0.1, 0.15) is 13.8 Å². The maximum Gasteiger partial charge on any atom is 0.324 e. The fraction of sp³-hybridized carbons (Fsp3) is 0.600. The lowest BCUT2D eigenvalue weighted by Gasteiger charge is -2.20. The molecule has 0 bridgehead atoms. The van der Waals surface area contributed by atoms with Gasteiger partial charge >= 0.3 is 6.03 Å². The van der Waals surface area contributed by atoms with Crippen molar-refractivity contribution in [3.05, 3.63) is 0 Å². The van der Waals surface area contributed by atoms with E-state index in [1.807, 2.05) is 0 Å². The van der Waals surface area contributed by atoms with E-state index >= 15 is 0 Å². The van der Waals surface area contributed by atoms with Gasteiger partial charge in [0.1, 0.15) is 5.54 Å². The normalized spacial score (nSPS) is 23.2. The number of amides is 3. The van der Waals surface area contributed by atoms with Gasteiger partial charge in [-0.15, -0.1) is 0 Å². The molecule has 1 rings (SSSR count). The van der Waals surface area contributed by atoms with E-state index in [0.717, 1.165) is 3.93 Å². The first-order valence-electron chi connectivity index (χ1n) is 2.98. The summed E-state index contributed by atoms with van der Waals surface area (Å²) in [5, 5.41) is 0. The van der Waals surface area contributed by atoms with Crippen LogP contribution in [0.4, 0.5) is 4.79 Å². The van der Waals surface area contributed by atoms with Gasteiger partial charge in [0.15, 0.2) is 0 Å². The first-order chi connectivity index (χ1) is 4.89. The number of imide groups is 1. The van der Waals surface area contributed by atoms with Crippen LogP contribution >= 0.6 is 16.1 Å². The van der Waals surface area contributed by atoms with Gasteiger partial charge in [-0.2, -0.15) is 0 Å². The van der Waals surface area contributed by atoms with Crippen LogP contribution in [0, 0.1) is 0 Å². The second-order valence-electron chi connectivity index (χ2n) is 2.80. The van der Waals surface area contributed by atoms with Crippen LogP contribution < -0.4 is 0 Å². The minimum Gasteiger partial charge on any atom is -0.320 e. The number of carbonyl (C=O) groups is 2. The fourth-order valence-corrected chi connectivity index (χ4v) is 1.12. The van der Waals surface area contributed by atoms with Gasteiger partial charge in [-0.1, -0.05) is 0 Å². The Bertz CT molecular complexity index is 231. The smallest absolute Gasteiger partial charge is 0.320 e. The predicted octanol–water partition coefficient (Wildman–Crippen LogP) is 0.423. The summed E-state index contributed by atoms with van der Waals surface area (Å²) in [6.45, 7) is 3.21. The van der Waals surface area contributed by atoms with E-state index in [0.29, 0.717) is 4.81 Å². The lowest BCUT2D eigenvalue weighted by Crippen LogP contribution is -2.38. The molecule has 1 aliphatic rings. The van der Waals surface area contributed by atoms with Gasteiger partial charge in [-0.25, -0.2) is 8.72 Å². The molecule has 0 saturated carbocycles. The second-order valence-corrected chi connectivity index (χ2v) is 3.51. The molecule has 0 unspecified atom stereocenters. The number of rotatable bonds is 0. The van der Waals surface area contributed by atoms with E-state index < -0.39 is 17.5 Å². The zero-order chi connectivity index (χ0) is 8.81. The minimum atomic E-state index is -0.883. The molecule has 1 aliphatic heterocycles. The molecule has 3 amide bonds. The van der Waals surface area contributed by atoms with E-state index in [1.165, 1.54) is 0 Å². The molecule has 6 heteroatoms. The molecule has 0 spiro atoms. The van der Waals surface area contributed by atoms with Crippen molar-refractivity contribution < 1.29 is 9.59 Å². The van der Waals surface area contributed by atoms with E-state index in [4.69, 9.17) is 7.98 Å². The molecule has 0 aromatic heterocycles. The zero-order valence-corrected chi connectivity index (χ0v) is 7.75. The van der Waals surface area contributed by atoms with Gasteiger partial charge in [0.25, 0.3) is 0 Å². The van der Waals surface area contributed by atoms with Crippen LogP contribution in [-0.2, 0) is 4.79 Å². The largest absolute Gasteiger partial charge is 0.324 e. The first kappa shape index (κ1) is 8.58. The number of halogens is 1. The van der Waals surface area contributed by atoms with Crippen LogP contribution in [-0.4, -0.2) is 34.2 Å². The molecule has 0 N–H and O–H groups in total. The third kappa shape index (κ3) is 0.963. The van der Waals surface area contributed by atoms with E-state index in [1.54, 1.807) is 13.8 Å². The van der Waals surface area contributed by atoms with Crippen LogP contribution in [0.2, 0.25) is 0 Å². The number of carbonyl (C=O) groups excluding carboxylic acids is 2. The number of hydrogen-bond donors (Lipinski definition) is 0. The fourth-order valence-electron chi connectivity index (χ4n) is 0.799. The third-order valence-corrected chi connectivity index (χ3v) is 2.80. The molecule has 2 radical (unpaired) electrons. The summed E-state index contributed by atoms with van der Waals surface area (Å²) in [6, 6.07) is -0.542. The number of nitrogens with zero attached hydrogens (tertiary/aromatic N) is 2. The monoisotopic (exact) mass is 216 g/mol. The van der Waals surface area contributed by atoms with Gasteiger partial charge in [-0.05, 0) is 13.8 Å². The van der Waals surface area contributed by atoms with Crippen LogP contribution in [0.3, 0.4) is 0 Å². The maximum atomic E-state index is 11.2. The molecule has 58 valence electrons. The van der Waals surface area contributed by atoms with E-state index in [9.17, 15) is 9.59 Å². The van der Waals surface area contributed by atoms with Crippen LogP contribution in [0.5, 0.6) is 0 Å². The van der Waals surface area contributed by atoms with Crippen molar-refractivity contribution in [1.29, 1.82) is 0 Å². The number of hydrogen-bond acceptors (Lipinski definition) is 2. The Hall–Kier alpha value is -0.515. The SMILES string of the molecule is [B]N1C(=O)N(Br)C(C)(C)C1=O. The summed E-state index contributed by atoms with van der Waals surface area (Å²) in [5.74, 6) is -0.417. The van der Waals surface area contributed by atoms with Gasteiger partial charge in [0.2, 0.25) is 13.9 Å². The van der Waals surface area contributed by atoms with Crippen molar-refractivity contribution in [3.63, 3.8) is 0 Å². The lowest BCUT2D eigenvalue weighted by atomic mass is 10.1. The van der Waals surface area contributed by atoms with E-state index in [2.05, 4.69) is 16.1 Å². The molecule has 0 aromatic rings. The highest BCUT2D eigenvalue weighted by Gasteiger charge is 2.48. The average molecular weight is 217 g/mol. The van der Waals surface area contributed by atoms with Crippen molar-refractivity contribution in [2.75, 3.05) is 0 Å². The molecule has 0 atom stereocenters. The van der Waals surface area contributed by atoms with Gasteiger partial charge < -0.3 is 4.81 Å². The molecule has 1 fully saturated rings. The van der Waals surface area contributed by atoms with Crippen molar-refractivity contribution in [2.24, 2.45) is 0 Å². The molecule has 4 nitrogen and oxygen atoms in total. The molecular formula is C5H6BBrN2O2. The molecule has 1 heterocycles. The van der Waals surface area contributed by atoms with Gasteiger partial charge in [-0.3, -0.25) is 4.79 Å². The Morgan fingerprint density at radius 3 is 2.00 bits per heavy atom. The van der Waals surface area contributed by atoms with Crippen molar-refractivity contribution in [1.82, 2.24) is 8.74 Å². The van der Waals surface area contributed by atoms with Gasteiger partial charge in [0.05, 0.1) is 16.1 Å². The molecule has 11 heavy (non-hydrogen) atoms. The van der Waals surface area contributed by atoms with Crippen molar-refractivity contribution in [3.8, 4) is 0 Å². The number of urea groups is 1. The first-order valence-corrected chi connectivity index (χ1v) is 3.69. The maximum absolute atomic E-state index is 11.2. The second kappa shape index (κ2) is 2.23. The highest BCUT2D eigenvalue weighted by Crippen LogP contribution is 2.28. The van der Waals surface area contributed by atoms with Gasteiger partial charge in [0, 0.05) is 0 Å². The standard InChI is InChI=1S/C5H6BBrN2O2/c1-5(2)3(10)8(6)4(11)9(5)7/h1-2H3. The Balaban J connectivity index is 3.06. The minimum absolute atomic E-state index is 0.417. The van der Waals surface area contributed by atoms with Crippen molar-refractivity contribution >= 4 is 36.1 Å². The van der Waals surface area contributed by atoms with E-state index in [-0.39, 0.29) is 0 Å². The Morgan fingerprint density at radius 2 is 1.91 bits per heavy atom. The molecule has 1 saturated heterocycles. The molecule has 0 aliphatic carbocycles. The lowest BCUT2D eigenvalue weighted by molar-refractivity contribution is -0.127. The average Bonchev–Trinajstić information content (AvgIpc) is 2.06.